The lowest BCUT2D eigenvalue weighted by molar-refractivity contribution is -0.102. The molecule has 3 heteroatoms. The number of aldehydes is 1. The summed E-state index contributed by atoms with van der Waals surface area (Å²) in [4.78, 5) is 16.1. The molecule has 0 unspecified atom stereocenters. The van der Waals surface area contributed by atoms with Gasteiger partial charge in [0.15, 0.2) is 12.0 Å². The second-order valence-electron chi connectivity index (χ2n) is 3.36. The summed E-state index contributed by atoms with van der Waals surface area (Å²) in [5, 5.41) is 3.83. The lowest BCUT2D eigenvalue weighted by Gasteiger charge is -2.00. The number of hydrogen-bond donors (Lipinski definition) is 0. The van der Waals surface area contributed by atoms with E-state index in [-0.39, 0.29) is 5.71 Å². The molecule has 2 rings (SSSR count). The maximum absolute atomic E-state index is 10.9. The monoisotopic (exact) mass is 225 g/mol. The zero-order valence-electron chi connectivity index (χ0n) is 9.11. The Morgan fingerprint density at radius 1 is 0.941 bits per heavy atom. The van der Waals surface area contributed by atoms with Crippen LogP contribution >= 0.6 is 0 Å². The van der Waals surface area contributed by atoms with Gasteiger partial charge in [0.2, 0.25) is 0 Å². The fourth-order valence-electron chi connectivity index (χ4n) is 1.33. The molecule has 0 saturated carbocycles. The summed E-state index contributed by atoms with van der Waals surface area (Å²) in [6, 6.07) is 18.3. The van der Waals surface area contributed by atoms with E-state index >= 15 is 0 Å². The van der Waals surface area contributed by atoms with Crippen LogP contribution in [-0.2, 0) is 4.79 Å². The Bertz CT molecular complexity index is 506. The number of oxime groups is 1. The summed E-state index contributed by atoms with van der Waals surface area (Å²) >= 11 is 0. The first kappa shape index (κ1) is 11.1. The van der Waals surface area contributed by atoms with Crippen molar-refractivity contribution in [3.63, 3.8) is 0 Å². The van der Waals surface area contributed by atoms with E-state index in [1.165, 1.54) is 0 Å². The van der Waals surface area contributed by atoms with Crippen molar-refractivity contribution < 1.29 is 9.63 Å². The quantitative estimate of drug-likeness (QED) is 0.456. The Hall–Kier alpha value is -2.42. The molecule has 0 aliphatic carbocycles. The first-order valence-electron chi connectivity index (χ1n) is 5.21. The lowest BCUT2D eigenvalue weighted by atomic mass is 10.1. The highest BCUT2D eigenvalue weighted by Crippen LogP contribution is 2.09. The van der Waals surface area contributed by atoms with Crippen LogP contribution < -0.4 is 4.84 Å². The van der Waals surface area contributed by atoms with Crippen molar-refractivity contribution in [1.82, 2.24) is 0 Å². The van der Waals surface area contributed by atoms with Gasteiger partial charge in [0, 0.05) is 5.56 Å². The third-order valence-corrected chi connectivity index (χ3v) is 2.17. The van der Waals surface area contributed by atoms with E-state index in [1.54, 1.807) is 12.1 Å². The molecule has 0 aliphatic heterocycles. The van der Waals surface area contributed by atoms with Gasteiger partial charge >= 0.3 is 0 Å². The van der Waals surface area contributed by atoms with E-state index in [4.69, 9.17) is 4.84 Å². The molecule has 0 bridgehead atoms. The van der Waals surface area contributed by atoms with Gasteiger partial charge in [0.05, 0.1) is 0 Å². The Morgan fingerprint density at radius 3 is 2.12 bits per heavy atom. The molecule has 17 heavy (non-hydrogen) atoms. The Morgan fingerprint density at radius 2 is 1.53 bits per heavy atom. The Kier molecular flexibility index (Phi) is 3.65. The van der Waals surface area contributed by atoms with Crippen LogP contribution in [0.4, 0.5) is 0 Å². The topological polar surface area (TPSA) is 38.7 Å². The second kappa shape index (κ2) is 5.61. The van der Waals surface area contributed by atoms with Gasteiger partial charge in [-0.25, -0.2) is 0 Å². The molecule has 0 amide bonds. The molecule has 0 heterocycles. The van der Waals surface area contributed by atoms with Crippen molar-refractivity contribution in [2.24, 2.45) is 5.16 Å². The van der Waals surface area contributed by atoms with Crippen molar-refractivity contribution in [3.05, 3.63) is 66.2 Å². The molecule has 0 saturated heterocycles. The number of para-hydroxylation sites is 1. The maximum Gasteiger partial charge on any atom is 0.172 e. The SMILES string of the molecule is O=C/C(=N/Oc1ccccc1)c1ccccc1. The van der Waals surface area contributed by atoms with Gasteiger partial charge in [0.1, 0.15) is 5.71 Å². The molecule has 0 aromatic heterocycles. The third-order valence-electron chi connectivity index (χ3n) is 2.17. The standard InChI is InChI=1S/C14H11NO2/c16-11-14(12-7-3-1-4-8-12)15-17-13-9-5-2-6-10-13/h1-11H/b15-14-. The summed E-state index contributed by atoms with van der Waals surface area (Å²) in [6.07, 6.45) is 0.679. The number of hydrogen-bond acceptors (Lipinski definition) is 3. The Labute approximate surface area is 99.3 Å². The maximum atomic E-state index is 10.9. The zero-order valence-corrected chi connectivity index (χ0v) is 9.11. The minimum atomic E-state index is 0.273. The summed E-state index contributed by atoms with van der Waals surface area (Å²) in [5.74, 6) is 0.600. The van der Waals surface area contributed by atoms with Crippen molar-refractivity contribution in [3.8, 4) is 5.75 Å². The summed E-state index contributed by atoms with van der Waals surface area (Å²) < 4.78 is 0. The predicted molar refractivity (Wildman–Crippen MR) is 66.1 cm³/mol. The average molecular weight is 225 g/mol. The predicted octanol–water partition coefficient (Wildman–Crippen LogP) is 2.67. The van der Waals surface area contributed by atoms with Crippen molar-refractivity contribution >= 4 is 12.0 Å². The molecule has 3 nitrogen and oxygen atoms in total. The van der Waals surface area contributed by atoms with Crippen molar-refractivity contribution in [2.45, 2.75) is 0 Å². The molecule has 0 radical (unpaired) electrons. The summed E-state index contributed by atoms with van der Waals surface area (Å²) in [5.41, 5.74) is 1.01. The van der Waals surface area contributed by atoms with Gasteiger partial charge in [-0.05, 0) is 12.1 Å². The highest BCUT2D eigenvalue weighted by molar-refractivity contribution is 6.36. The number of nitrogens with zero attached hydrogens (tertiary/aromatic N) is 1. The van der Waals surface area contributed by atoms with E-state index in [2.05, 4.69) is 5.16 Å². The number of rotatable bonds is 4. The molecule has 0 spiro atoms. The highest BCUT2D eigenvalue weighted by Gasteiger charge is 2.01. The van der Waals surface area contributed by atoms with E-state index < -0.39 is 0 Å². The van der Waals surface area contributed by atoms with Gasteiger partial charge in [-0.1, -0.05) is 53.7 Å². The van der Waals surface area contributed by atoms with Gasteiger partial charge in [-0.3, -0.25) is 4.79 Å². The molecular weight excluding hydrogens is 214 g/mol. The number of carbonyl (C=O) groups excluding carboxylic acids is 1. The molecule has 0 aliphatic rings. The summed E-state index contributed by atoms with van der Waals surface area (Å²) in [7, 11) is 0. The number of benzene rings is 2. The summed E-state index contributed by atoms with van der Waals surface area (Å²) in [6.45, 7) is 0. The van der Waals surface area contributed by atoms with Gasteiger partial charge in [0.25, 0.3) is 0 Å². The van der Waals surface area contributed by atoms with Gasteiger partial charge < -0.3 is 4.84 Å². The largest absolute Gasteiger partial charge is 0.356 e. The van der Waals surface area contributed by atoms with E-state index in [1.807, 2.05) is 48.5 Å². The molecule has 84 valence electrons. The second-order valence-corrected chi connectivity index (χ2v) is 3.36. The number of carbonyl (C=O) groups is 1. The first-order valence-corrected chi connectivity index (χ1v) is 5.21. The highest BCUT2D eigenvalue weighted by atomic mass is 16.6. The van der Waals surface area contributed by atoms with E-state index in [9.17, 15) is 4.79 Å². The van der Waals surface area contributed by atoms with Crippen LogP contribution in [-0.4, -0.2) is 12.0 Å². The smallest absolute Gasteiger partial charge is 0.172 e. The molecule has 2 aromatic rings. The fourth-order valence-corrected chi connectivity index (χ4v) is 1.33. The minimum Gasteiger partial charge on any atom is -0.356 e. The fraction of sp³-hybridized carbons (Fsp3) is 0. The minimum absolute atomic E-state index is 0.273. The van der Waals surface area contributed by atoms with Crippen LogP contribution in [0.25, 0.3) is 0 Å². The third kappa shape index (κ3) is 3.01. The van der Waals surface area contributed by atoms with Crippen molar-refractivity contribution in [1.29, 1.82) is 0 Å². The zero-order chi connectivity index (χ0) is 11.9. The van der Waals surface area contributed by atoms with E-state index in [0.717, 1.165) is 5.56 Å². The normalized spacial score (nSPS) is 10.9. The molecular formula is C14H11NO2. The first-order chi connectivity index (χ1) is 8.40. The average Bonchev–Trinajstić information content (AvgIpc) is 2.42. The van der Waals surface area contributed by atoms with Crippen molar-refractivity contribution in [2.75, 3.05) is 0 Å². The Balaban J connectivity index is 2.17. The molecule has 2 aromatic carbocycles. The van der Waals surface area contributed by atoms with Crippen LogP contribution in [0.2, 0.25) is 0 Å². The van der Waals surface area contributed by atoms with Crippen LogP contribution in [0.1, 0.15) is 5.56 Å². The van der Waals surface area contributed by atoms with Crippen LogP contribution in [0, 0.1) is 0 Å². The molecule has 0 atom stereocenters. The molecule has 0 N–H and O–H groups in total. The van der Waals surface area contributed by atoms with Crippen LogP contribution in [0.3, 0.4) is 0 Å². The van der Waals surface area contributed by atoms with Gasteiger partial charge in [-0.2, -0.15) is 0 Å². The lowest BCUT2D eigenvalue weighted by Crippen LogP contribution is -2.04. The van der Waals surface area contributed by atoms with Crippen LogP contribution in [0.15, 0.2) is 65.8 Å². The molecule has 0 fully saturated rings. The van der Waals surface area contributed by atoms with Crippen LogP contribution in [0.5, 0.6) is 5.75 Å². The van der Waals surface area contributed by atoms with E-state index in [0.29, 0.717) is 12.0 Å². The van der Waals surface area contributed by atoms with Gasteiger partial charge in [-0.15, -0.1) is 0 Å².